The molecular weight excluding hydrogens is 458 g/mol. The van der Waals surface area contributed by atoms with E-state index in [1.54, 1.807) is 0 Å². The summed E-state index contributed by atoms with van der Waals surface area (Å²) in [4.78, 5) is 31.5. The molecule has 0 radical (unpaired) electrons. The van der Waals surface area contributed by atoms with Crippen molar-refractivity contribution in [1.82, 2.24) is 10.2 Å². The topological polar surface area (TPSA) is 71.0 Å². The quantitative estimate of drug-likeness (QED) is 0.428. The highest BCUT2D eigenvalue weighted by Crippen LogP contribution is 2.44. The number of thiophene rings is 1. The Morgan fingerprint density at radius 1 is 1.33 bits per heavy atom. The van der Waals surface area contributed by atoms with E-state index in [2.05, 4.69) is 24.0 Å². The molecule has 2 fully saturated rings. The van der Waals surface area contributed by atoms with Gasteiger partial charge in [0.2, 0.25) is 11.8 Å². The molecule has 8 heteroatoms. The van der Waals surface area contributed by atoms with Gasteiger partial charge in [0.1, 0.15) is 11.9 Å². The van der Waals surface area contributed by atoms with Crippen molar-refractivity contribution in [2.24, 2.45) is 4.99 Å². The van der Waals surface area contributed by atoms with Crippen molar-refractivity contribution in [1.29, 1.82) is 0 Å². The standard InChI is InChI=1S/C25H28ClN3O3S/c1-5-18(19-11-16(26)10-14(2)24(19)32-21-8-9-28-15(21)3)25-20(27-4)12-17(33-25)13-29-22(30)6-7-23(29)31/h5,10-12,15,21,28H,4,6-9,13H2,1-3H3/b18-5-. The average Bonchev–Trinajstić information content (AvgIpc) is 3.46. The van der Waals surface area contributed by atoms with E-state index in [1.165, 1.54) is 16.2 Å². The van der Waals surface area contributed by atoms with Crippen LogP contribution in [0.25, 0.3) is 5.57 Å². The Labute approximate surface area is 203 Å². The van der Waals surface area contributed by atoms with Crippen molar-refractivity contribution in [3.63, 3.8) is 0 Å². The van der Waals surface area contributed by atoms with Crippen LogP contribution >= 0.6 is 22.9 Å². The van der Waals surface area contributed by atoms with Crippen molar-refractivity contribution in [2.45, 2.75) is 58.7 Å². The summed E-state index contributed by atoms with van der Waals surface area (Å²) in [5.41, 5.74) is 3.51. The van der Waals surface area contributed by atoms with E-state index >= 15 is 0 Å². The Hall–Kier alpha value is -2.48. The van der Waals surface area contributed by atoms with Crippen LogP contribution in [0.4, 0.5) is 5.69 Å². The van der Waals surface area contributed by atoms with E-state index in [0.717, 1.165) is 45.2 Å². The number of ether oxygens (including phenoxy) is 1. The molecule has 0 aliphatic carbocycles. The lowest BCUT2D eigenvalue weighted by Gasteiger charge is -2.23. The predicted octanol–water partition coefficient (Wildman–Crippen LogP) is 5.27. The van der Waals surface area contributed by atoms with Crippen LogP contribution in [0, 0.1) is 6.92 Å². The first-order chi connectivity index (χ1) is 15.8. The molecule has 2 atom stereocenters. The summed E-state index contributed by atoms with van der Waals surface area (Å²) in [5.74, 6) is 0.549. The minimum Gasteiger partial charge on any atom is -0.488 e. The van der Waals surface area contributed by atoms with Gasteiger partial charge in [-0.1, -0.05) is 17.7 Å². The Kier molecular flexibility index (Phi) is 7.02. The lowest BCUT2D eigenvalue weighted by Crippen LogP contribution is -2.31. The third kappa shape index (κ3) is 4.76. The number of likely N-dealkylation sites (tertiary alicyclic amines) is 1. The number of nitrogens with zero attached hydrogens (tertiary/aromatic N) is 2. The number of allylic oxidation sites excluding steroid dienone is 1. The molecule has 6 nitrogen and oxygen atoms in total. The normalized spacial score (nSPS) is 21.2. The first-order valence-corrected chi connectivity index (χ1v) is 12.3. The van der Waals surface area contributed by atoms with Gasteiger partial charge in [0.15, 0.2) is 0 Å². The zero-order valence-corrected chi connectivity index (χ0v) is 20.7. The molecule has 2 saturated heterocycles. The second-order valence-electron chi connectivity index (χ2n) is 8.45. The van der Waals surface area contributed by atoms with Crippen LogP contribution in [0.15, 0.2) is 29.3 Å². The van der Waals surface area contributed by atoms with Crippen LogP contribution in [-0.4, -0.2) is 42.1 Å². The monoisotopic (exact) mass is 485 g/mol. The summed E-state index contributed by atoms with van der Waals surface area (Å²) in [6.45, 7) is 11.0. The van der Waals surface area contributed by atoms with Gasteiger partial charge in [0.25, 0.3) is 0 Å². The van der Waals surface area contributed by atoms with Crippen LogP contribution in [-0.2, 0) is 16.1 Å². The van der Waals surface area contributed by atoms with Gasteiger partial charge in [0.05, 0.1) is 17.1 Å². The third-order valence-electron chi connectivity index (χ3n) is 6.19. The van der Waals surface area contributed by atoms with E-state index in [1.807, 2.05) is 38.1 Å². The Balaban J connectivity index is 1.73. The number of carbonyl (C=O) groups is 2. The van der Waals surface area contributed by atoms with Crippen molar-refractivity contribution >= 4 is 52.7 Å². The molecule has 0 bridgehead atoms. The zero-order chi connectivity index (χ0) is 23.7. The van der Waals surface area contributed by atoms with Crippen molar-refractivity contribution in [3.05, 3.63) is 50.2 Å². The molecule has 2 amide bonds. The molecule has 33 heavy (non-hydrogen) atoms. The molecule has 2 aliphatic heterocycles. The van der Waals surface area contributed by atoms with Gasteiger partial charge >= 0.3 is 0 Å². The first kappa shape index (κ1) is 23.7. The highest BCUT2D eigenvalue weighted by molar-refractivity contribution is 7.13. The predicted molar refractivity (Wildman–Crippen MR) is 134 cm³/mol. The lowest BCUT2D eigenvalue weighted by atomic mass is 9.99. The summed E-state index contributed by atoms with van der Waals surface area (Å²) in [6.07, 6.45) is 3.59. The summed E-state index contributed by atoms with van der Waals surface area (Å²) in [7, 11) is 0. The SMILES string of the molecule is C=Nc1cc(CN2C(=O)CCC2=O)sc1/C(=C\C)c1cc(Cl)cc(C)c1OC1CCNC1C. The summed E-state index contributed by atoms with van der Waals surface area (Å²) < 4.78 is 6.52. The number of aryl methyl sites for hydroxylation is 1. The molecule has 2 aromatic rings. The molecule has 0 saturated carbocycles. The van der Waals surface area contributed by atoms with Crippen LogP contribution in [0.5, 0.6) is 5.75 Å². The van der Waals surface area contributed by atoms with Crippen molar-refractivity contribution < 1.29 is 14.3 Å². The van der Waals surface area contributed by atoms with Gasteiger partial charge in [-0.05, 0) is 64.2 Å². The van der Waals surface area contributed by atoms with Crippen molar-refractivity contribution in [2.75, 3.05) is 6.54 Å². The molecule has 3 heterocycles. The fourth-order valence-corrected chi connectivity index (χ4v) is 5.88. The molecule has 2 unspecified atom stereocenters. The van der Waals surface area contributed by atoms with Crippen LogP contribution in [0.2, 0.25) is 5.02 Å². The number of nitrogens with one attached hydrogen (secondary N) is 1. The zero-order valence-electron chi connectivity index (χ0n) is 19.1. The number of benzene rings is 1. The maximum Gasteiger partial charge on any atom is 0.230 e. The molecule has 1 aromatic carbocycles. The van der Waals surface area contributed by atoms with Gasteiger partial charge in [-0.2, -0.15) is 0 Å². The second-order valence-corrected chi connectivity index (χ2v) is 10.0. The average molecular weight is 486 g/mol. The summed E-state index contributed by atoms with van der Waals surface area (Å²) >= 11 is 7.98. The van der Waals surface area contributed by atoms with E-state index in [9.17, 15) is 9.59 Å². The largest absolute Gasteiger partial charge is 0.488 e. The van der Waals surface area contributed by atoms with E-state index in [4.69, 9.17) is 16.3 Å². The van der Waals surface area contributed by atoms with Crippen molar-refractivity contribution in [3.8, 4) is 5.75 Å². The van der Waals surface area contributed by atoms with Gasteiger partial charge < -0.3 is 10.1 Å². The maximum atomic E-state index is 12.1. The molecular formula is C25H28ClN3O3S. The van der Waals surface area contributed by atoms with Gasteiger partial charge in [-0.15, -0.1) is 11.3 Å². The summed E-state index contributed by atoms with van der Waals surface area (Å²) in [5, 5.41) is 4.06. The van der Waals surface area contributed by atoms with Gasteiger partial charge in [-0.3, -0.25) is 19.5 Å². The molecule has 0 spiro atoms. The smallest absolute Gasteiger partial charge is 0.230 e. The molecule has 1 N–H and O–H groups in total. The van der Waals surface area contributed by atoms with Crippen LogP contribution < -0.4 is 10.1 Å². The first-order valence-electron chi connectivity index (χ1n) is 11.1. The lowest BCUT2D eigenvalue weighted by molar-refractivity contribution is -0.138. The minimum atomic E-state index is -0.130. The Bertz CT molecular complexity index is 1120. The molecule has 4 rings (SSSR count). The third-order valence-corrected chi connectivity index (χ3v) is 7.55. The number of amides is 2. The molecule has 174 valence electrons. The number of hydrogen-bond acceptors (Lipinski definition) is 6. The minimum absolute atomic E-state index is 0.0739. The fourth-order valence-electron chi connectivity index (χ4n) is 4.42. The number of halogens is 1. The van der Waals surface area contributed by atoms with E-state index in [-0.39, 0.29) is 43.3 Å². The number of imide groups is 1. The van der Waals surface area contributed by atoms with Crippen LogP contribution in [0.3, 0.4) is 0 Å². The Morgan fingerprint density at radius 3 is 2.67 bits per heavy atom. The van der Waals surface area contributed by atoms with Gasteiger partial charge in [-0.25, -0.2) is 0 Å². The number of carbonyl (C=O) groups excluding carboxylic acids is 2. The second kappa shape index (κ2) is 9.79. The van der Waals surface area contributed by atoms with Gasteiger partial charge in [0, 0.05) is 39.9 Å². The summed E-state index contributed by atoms with van der Waals surface area (Å²) in [6, 6.07) is 6.00. The fraction of sp³-hybridized carbons (Fsp3) is 0.400. The van der Waals surface area contributed by atoms with E-state index in [0.29, 0.717) is 10.7 Å². The number of rotatable bonds is 7. The number of hydrogen-bond donors (Lipinski definition) is 1. The molecule has 2 aliphatic rings. The van der Waals surface area contributed by atoms with Crippen LogP contribution in [0.1, 0.15) is 54.0 Å². The molecule has 1 aromatic heterocycles. The highest BCUT2D eigenvalue weighted by atomic mass is 35.5. The number of aliphatic imine (C=N–C) groups is 1. The Morgan fingerprint density at radius 2 is 2.06 bits per heavy atom. The van der Waals surface area contributed by atoms with E-state index < -0.39 is 0 Å². The highest BCUT2D eigenvalue weighted by Gasteiger charge is 2.30. The maximum absolute atomic E-state index is 12.1.